The van der Waals surface area contributed by atoms with Gasteiger partial charge >= 0.3 is 0 Å². The standard InChI is InChI=1S/C18H29NO2/c1-18-7-6-11-12(14(18)4-5-17(18)21)3-2-10-8-15(19)16(20)9-13(10)11/h10-16,20H,2-9,19H2,1H3/t10-,11-,12+,13-,14-,15+,16-,18-/m0/s1. The fourth-order valence-electron chi connectivity index (χ4n) is 6.63. The first-order valence-corrected chi connectivity index (χ1v) is 8.97. The van der Waals surface area contributed by atoms with E-state index >= 15 is 0 Å². The molecule has 4 rings (SSSR count). The van der Waals surface area contributed by atoms with Gasteiger partial charge in [-0.15, -0.1) is 0 Å². The Morgan fingerprint density at radius 2 is 1.90 bits per heavy atom. The Balaban J connectivity index is 1.58. The summed E-state index contributed by atoms with van der Waals surface area (Å²) < 4.78 is 0. The summed E-state index contributed by atoms with van der Waals surface area (Å²) in [6, 6.07) is -0.00952. The summed E-state index contributed by atoms with van der Waals surface area (Å²) in [6.45, 7) is 2.24. The fourth-order valence-corrected chi connectivity index (χ4v) is 6.63. The van der Waals surface area contributed by atoms with Crippen LogP contribution in [-0.2, 0) is 4.79 Å². The molecule has 0 saturated heterocycles. The van der Waals surface area contributed by atoms with Gasteiger partial charge in [-0.05, 0) is 74.5 Å². The number of aliphatic hydroxyl groups excluding tert-OH is 1. The summed E-state index contributed by atoms with van der Waals surface area (Å²) in [4.78, 5) is 12.3. The van der Waals surface area contributed by atoms with E-state index in [1.165, 1.54) is 19.3 Å². The second-order valence-electron chi connectivity index (χ2n) is 8.56. The largest absolute Gasteiger partial charge is 0.392 e. The zero-order valence-corrected chi connectivity index (χ0v) is 13.1. The minimum Gasteiger partial charge on any atom is -0.392 e. The number of fused-ring (bicyclic) bond motifs is 5. The summed E-state index contributed by atoms with van der Waals surface area (Å²) in [7, 11) is 0. The quantitative estimate of drug-likeness (QED) is 0.721. The van der Waals surface area contributed by atoms with E-state index in [0.717, 1.165) is 49.9 Å². The molecule has 3 N–H and O–H groups in total. The van der Waals surface area contributed by atoms with Crippen LogP contribution in [0.2, 0.25) is 0 Å². The number of ketones is 1. The van der Waals surface area contributed by atoms with E-state index in [4.69, 9.17) is 5.73 Å². The Kier molecular flexibility index (Phi) is 3.24. The second-order valence-corrected chi connectivity index (χ2v) is 8.56. The van der Waals surface area contributed by atoms with E-state index in [9.17, 15) is 9.90 Å². The average Bonchev–Trinajstić information content (AvgIpc) is 2.76. The number of carbonyl (C=O) groups is 1. The molecule has 21 heavy (non-hydrogen) atoms. The van der Waals surface area contributed by atoms with E-state index < -0.39 is 0 Å². The van der Waals surface area contributed by atoms with Crippen LogP contribution >= 0.6 is 0 Å². The molecule has 0 radical (unpaired) electrons. The van der Waals surface area contributed by atoms with Crippen LogP contribution in [0, 0.1) is 35.0 Å². The minimum atomic E-state index is -0.302. The van der Waals surface area contributed by atoms with Crippen LogP contribution in [0.5, 0.6) is 0 Å². The first-order chi connectivity index (χ1) is 10.0. The van der Waals surface area contributed by atoms with E-state index in [2.05, 4.69) is 6.92 Å². The van der Waals surface area contributed by atoms with Gasteiger partial charge in [0.1, 0.15) is 5.78 Å². The molecule has 0 heterocycles. The highest BCUT2D eigenvalue weighted by Gasteiger charge is 2.57. The lowest BCUT2D eigenvalue weighted by atomic mass is 9.50. The van der Waals surface area contributed by atoms with Crippen LogP contribution in [0.4, 0.5) is 0 Å². The van der Waals surface area contributed by atoms with Crippen molar-refractivity contribution in [2.75, 3.05) is 0 Å². The zero-order valence-electron chi connectivity index (χ0n) is 13.1. The van der Waals surface area contributed by atoms with Crippen LogP contribution in [-0.4, -0.2) is 23.0 Å². The second kappa shape index (κ2) is 4.79. The van der Waals surface area contributed by atoms with E-state index in [1.807, 2.05) is 0 Å². The molecule has 0 aliphatic heterocycles. The number of hydrogen-bond acceptors (Lipinski definition) is 3. The maximum atomic E-state index is 12.3. The first-order valence-electron chi connectivity index (χ1n) is 8.97. The third-order valence-corrected chi connectivity index (χ3v) is 7.81. The lowest BCUT2D eigenvalue weighted by molar-refractivity contribution is -0.134. The molecule has 3 heteroatoms. The molecule has 118 valence electrons. The molecule has 0 aromatic rings. The van der Waals surface area contributed by atoms with Gasteiger partial charge in [-0.3, -0.25) is 4.79 Å². The highest BCUT2D eigenvalue weighted by Crippen LogP contribution is 2.61. The summed E-state index contributed by atoms with van der Waals surface area (Å²) in [6.07, 6.45) is 8.40. The van der Waals surface area contributed by atoms with Crippen molar-refractivity contribution in [3.8, 4) is 0 Å². The Morgan fingerprint density at radius 1 is 1.10 bits per heavy atom. The molecule has 3 nitrogen and oxygen atoms in total. The normalized spacial score (nSPS) is 56.5. The first kappa shape index (κ1) is 14.2. The number of rotatable bonds is 0. The molecule has 0 unspecified atom stereocenters. The Morgan fingerprint density at radius 3 is 2.71 bits per heavy atom. The third kappa shape index (κ3) is 1.96. The molecule has 4 aliphatic rings. The molecule has 0 bridgehead atoms. The summed E-state index contributed by atoms with van der Waals surface area (Å²) in [5.41, 5.74) is 6.07. The summed E-state index contributed by atoms with van der Waals surface area (Å²) in [5, 5.41) is 10.2. The number of hydrogen-bond donors (Lipinski definition) is 2. The van der Waals surface area contributed by atoms with Crippen LogP contribution < -0.4 is 5.73 Å². The molecule has 0 aromatic carbocycles. The van der Waals surface area contributed by atoms with Gasteiger partial charge in [0.05, 0.1) is 6.10 Å². The van der Waals surface area contributed by atoms with Gasteiger partial charge in [-0.1, -0.05) is 6.92 Å². The number of carbonyl (C=O) groups excluding carboxylic acids is 1. The van der Waals surface area contributed by atoms with Crippen LogP contribution in [0.1, 0.15) is 58.3 Å². The van der Waals surface area contributed by atoms with E-state index in [-0.39, 0.29) is 17.6 Å². The highest BCUT2D eigenvalue weighted by atomic mass is 16.3. The molecule has 0 aromatic heterocycles. The van der Waals surface area contributed by atoms with E-state index in [1.54, 1.807) is 0 Å². The molecular weight excluding hydrogens is 262 g/mol. The molecule has 0 amide bonds. The van der Waals surface area contributed by atoms with Gasteiger partial charge in [-0.25, -0.2) is 0 Å². The van der Waals surface area contributed by atoms with E-state index in [0.29, 0.717) is 17.6 Å². The smallest absolute Gasteiger partial charge is 0.139 e. The zero-order chi connectivity index (χ0) is 14.8. The van der Waals surface area contributed by atoms with Crippen LogP contribution in [0.25, 0.3) is 0 Å². The van der Waals surface area contributed by atoms with Crippen molar-refractivity contribution in [3.63, 3.8) is 0 Å². The van der Waals surface area contributed by atoms with Crippen molar-refractivity contribution >= 4 is 5.78 Å². The van der Waals surface area contributed by atoms with Gasteiger partial charge in [0.25, 0.3) is 0 Å². The van der Waals surface area contributed by atoms with Gasteiger partial charge < -0.3 is 10.8 Å². The average molecular weight is 291 g/mol. The molecule has 4 fully saturated rings. The van der Waals surface area contributed by atoms with Crippen molar-refractivity contribution < 1.29 is 9.90 Å². The van der Waals surface area contributed by atoms with Crippen molar-refractivity contribution in [2.24, 2.45) is 40.7 Å². The maximum Gasteiger partial charge on any atom is 0.139 e. The predicted octanol–water partition coefficient (Wildman–Crippen LogP) is 2.51. The number of nitrogens with two attached hydrogens (primary N) is 1. The molecular formula is C18H29NO2. The van der Waals surface area contributed by atoms with Gasteiger partial charge in [0.2, 0.25) is 0 Å². The summed E-state index contributed by atoms with van der Waals surface area (Å²) >= 11 is 0. The van der Waals surface area contributed by atoms with Crippen molar-refractivity contribution in [1.82, 2.24) is 0 Å². The maximum absolute atomic E-state index is 12.3. The lowest BCUT2D eigenvalue weighted by Gasteiger charge is -2.55. The highest BCUT2D eigenvalue weighted by molar-refractivity contribution is 5.87. The van der Waals surface area contributed by atoms with Gasteiger partial charge in [0, 0.05) is 17.9 Å². The molecule has 8 atom stereocenters. The van der Waals surface area contributed by atoms with Crippen molar-refractivity contribution in [2.45, 2.75) is 70.4 Å². The minimum absolute atomic E-state index is 0.00952. The van der Waals surface area contributed by atoms with Crippen LogP contribution in [0.3, 0.4) is 0 Å². The topological polar surface area (TPSA) is 63.3 Å². The predicted molar refractivity (Wildman–Crippen MR) is 81.5 cm³/mol. The molecule has 4 aliphatic carbocycles. The van der Waals surface area contributed by atoms with Crippen LogP contribution in [0.15, 0.2) is 0 Å². The number of aliphatic hydroxyl groups is 1. The summed E-state index contributed by atoms with van der Waals surface area (Å²) in [5.74, 6) is 4.02. The molecule has 0 spiro atoms. The lowest BCUT2D eigenvalue weighted by Crippen LogP contribution is -2.53. The monoisotopic (exact) mass is 291 g/mol. The third-order valence-electron chi connectivity index (χ3n) is 7.81. The fraction of sp³-hybridized carbons (Fsp3) is 0.944. The van der Waals surface area contributed by atoms with Crippen molar-refractivity contribution in [3.05, 3.63) is 0 Å². The van der Waals surface area contributed by atoms with Crippen molar-refractivity contribution in [1.29, 1.82) is 0 Å². The Hall–Kier alpha value is -0.410. The Labute approximate surface area is 127 Å². The SMILES string of the molecule is C[C@]12CC[C@H]3[C@@H](CC[C@H]4C[C@@H](N)[C@@H](O)C[C@@H]43)[C@@H]1CCC2=O. The van der Waals surface area contributed by atoms with Gasteiger partial charge in [0.15, 0.2) is 0 Å². The number of Topliss-reactive ketones (excluding diaryl/α,β-unsaturated/α-hetero) is 1. The van der Waals surface area contributed by atoms with Gasteiger partial charge in [-0.2, -0.15) is 0 Å². The molecule has 4 saturated carbocycles. The Bertz CT molecular complexity index is 450.